The molecule has 0 bridgehead atoms. The Bertz CT molecular complexity index is 956. The minimum absolute atomic E-state index is 0.0528. The lowest BCUT2D eigenvalue weighted by molar-refractivity contribution is 0.903. The van der Waals surface area contributed by atoms with Crippen LogP contribution in [0.3, 0.4) is 0 Å². The van der Waals surface area contributed by atoms with Crippen LogP contribution in [0, 0.1) is 13.8 Å². The van der Waals surface area contributed by atoms with Gasteiger partial charge in [0.05, 0.1) is 11.7 Å². The van der Waals surface area contributed by atoms with Crippen LogP contribution in [0.25, 0.3) is 11.3 Å². The summed E-state index contributed by atoms with van der Waals surface area (Å²) in [4.78, 5) is 16.3. The molecule has 2 rings (SSSR count). The van der Waals surface area contributed by atoms with Gasteiger partial charge in [-0.1, -0.05) is 43.5 Å². The summed E-state index contributed by atoms with van der Waals surface area (Å²) < 4.78 is 0. The molecule has 0 saturated carbocycles. The van der Waals surface area contributed by atoms with E-state index in [1.54, 1.807) is 11.8 Å². The lowest BCUT2D eigenvalue weighted by Gasteiger charge is -2.16. The largest absolute Gasteiger partial charge is 0.347 e. The molecule has 2 aromatic rings. The Morgan fingerprint density at radius 3 is 2.67 bits per heavy atom. The van der Waals surface area contributed by atoms with E-state index in [4.69, 9.17) is 4.99 Å². The molecular formula is C25H32N4S. The molecule has 0 aliphatic rings. The van der Waals surface area contributed by atoms with E-state index in [-0.39, 0.29) is 6.04 Å². The highest BCUT2D eigenvalue weighted by Crippen LogP contribution is 2.28. The standard InChI is InChI=1S/C25H32N4S/c1-8-10-13-26-25(29-19(5)21(7)30-18(4)9-2)23-14-22(16-27-20(23)6)24-12-11-17(3)15-28-24/h9-16,19H,7-8H2,1-6H3,(H,26,29)/b13-10+,18-9-. The molecule has 2 heterocycles. The quantitative estimate of drug-likeness (QED) is 0.387. The van der Waals surface area contributed by atoms with E-state index < -0.39 is 0 Å². The van der Waals surface area contributed by atoms with Crippen LogP contribution in [0.5, 0.6) is 0 Å². The molecule has 5 heteroatoms. The van der Waals surface area contributed by atoms with Gasteiger partial charge in [0.25, 0.3) is 0 Å². The number of rotatable bonds is 8. The topological polar surface area (TPSA) is 50.2 Å². The van der Waals surface area contributed by atoms with Crippen molar-refractivity contribution in [3.63, 3.8) is 0 Å². The number of nitrogens with one attached hydrogen (secondary N) is 1. The van der Waals surface area contributed by atoms with Gasteiger partial charge < -0.3 is 5.32 Å². The molecule has 0 aromatic carbocycles. The van der Waals surface area contributed by atoms with Crippen molar-refractivity contribution in [2.75, 3.05) is 0 Å². The first-order valence-corrected chi connectivity index (χ1v) is 11.1. The Morgan fingerprint density at radius 2 is 2.03 bits per heavy atom. The first-order valence-electron chi connectivity index (χ1n) is 10.2. The van der Waals surface area contributed by atoms with Gasteiger partial charge in [0.15, 0.2) is 0 Å². The maximum atomic E-state index is 4.96. The predicted molar refractivity (Wildman–Crippen MR) is 132 cm³/mol. The van der Waals surface area contributed by atoms with Crippen molar-refractivity contribution < 1.29 is 0 Å². The van der Waals surface area contributed by atoms with Gasteiger partial charge in [-0.2, -0.15) is 0 Å². The minimum Gasteiger partial charge on any atom is -0.347 e. The number of nitrogens with zero attached hydrogens (tertiary/aromatic N) is 3. The van der Waals surface area contributed by atoms with Crippen LogP contribution in [0.1, 0.15) is 50.9 Å². The summed E-state index contributed by atoms with van der Waals surface area (Å²) >= 11 is 1.67. The summed E-state index contributed by atoms with van der Waals surface area (Å²) in [7, 11) is 0. The molecule has 0 spiro atoms. The Labute approximate surface area is 185 Å². The second-order valence-electron chi connectivity index (χ2n) is 7.15. The first-order chi connectivity index (χ1) is 14.3. The number of thioether (sulfide) groups is 1. The van der Waals surface area contributed by atoms with Gasteiger partial charge in [-0.3, -0.25) is 15.0 Å². The molecule has 2 aromatic heterocycles. The maximum absolute atomic E-state index is 4.96. The molecule has 0 amide bonds. The Morgan fingerprint density at radius 1 is 1.27 bits per heavy atom. The number of aliphatic imine (C=N–C) groups is 1. The number of hydrogen-bond donors (Lipinski definition) is 1. The third-order valence-electron chi connectivity index (χ3n) is 4.61. The second kappa shape index (κ2) is 11.5. The SMILES string of the molecule is C=C(S/C(C)=C\C)C(C)N=C(N/C=C/CC)c1cc(-c2ccc(C)cn2)cnc1C. The third kappa shape index (κ3) is 6.70. The van der Waals surface area contributed by atoms with Gasteiger partial charge in [0.1, 0.15) is 5.84 Å². The smallest absolute Gasteiger partial charge is 0.134 e. The molecule has 0 aliphatic carbocycles. The number of pyridine rings is 2. The number of aryl methyl sites for hydroxylation is 2. The zero-order valence-electron chi connectivity index (χ0n) is 18.9. The van der Waals surface area contributed by atoms with E-state index in [2.05, 4.69) is 66.9 Å². The fourth-order valence-electron chi connectivity index (χ4n) is 2.61. The van der Waals surface area contributed by atoms with Gasteiger partial charge in [-0.05, 0) is 69.8 Å². The Hall–Kier alpha value is -2.66. The minimum atomic E-state index is -0.0528. The second-order valence-corrected chi connectivity index (χ2v) is 8.53. The van der Waals surface area contributed by atoms with E-state index in [0.29, 0.717) is 0 Å². The molecule has 30 heavy (non-hydrogen) atoms. The summed E-state index contributed by atoms with van der Waals surface area (Å²) in [5, 5.41) is 3.36. The maximum Gasteiger partial charge on any atom is 0.134 e. The predicted octanol–water partition coefficient (Wildman–Crippen LogP) is 6.58. The molecule has 4 nitrogen and oxygen atoms in total. The first kappa shape index (κ1) is 23.6. The van der Waals surface area contributed by atoms with E-state index in [1.807, 2.05) is 45.4 Å². The molecule has 0 fully saturated rings. The molecule has 1 N–H and O–H groups in total. The van der Waals surface area contributed by atoms with Crippen molar-refractivity contribution in [3.8, 4) is 11.3 Å². The summed E-state index contributed by atoms with van der Waals surface area (Å²) in [6.07, 6.45) is 10.8. The monoisotopic (exact) mass is 420 g/mol. The average molecular weight is 421 g/mol. The summed E-state index contributed by atoms with van der Waals surface area (Å²) in [5.41, 5.74) is 4.87. The zero-order valence-corrected chi connectivity index (χ0v) is 19.7. The molecule has 0 radical (unpaired) electrons. The van der Waals surface area contributed by atoms with E-state index in [0.717, 1.165) is 45.2 Å². The van der Waals surface area contributed by atoms with Crippen LogP contribution in [0.4, 0.5) is 0 Å². The van der Waals surface area contributed by atoms with Crippen LogP contribution in [0.2, 0.25) is 0 Å². The van der Waals surface area contributed by atoms with Gasteiger partial charge in [0, 0.05) is 34.1 Å². The van der Waals surface area contributed by atoms with Crippen molar-refractivity contribution in [2.24, 2.45) is 4.99 Å². The number of allylic oxidation sites excluding steroid dienone is 3. The molecular weight excluding hydrogens is 388 g/mol. The fourth-order valence-corrected chi connectivity index (χ4v) is 3.36. The Balaban J connectivity index is 2.45. The third-order valence-corrected chi connectivity index (χ3v) is 5.77. The highest BCUT2D eigenvalue weighted by Gasteiger charge is 2.14. The van der Waals surface area contributed by atoms with Gasteiger partial charge >= 0.3 is 0 Å². The van der Waals surface area contributed by atoms with Crippen molar-refractivity contribution in [3.05, 3.63) is 82.2 Å². The van der Waals surface area contributed by atoms with E-state index in [9.17, 15) is 0 Å². The number of aromatic nitrogens is 2. The number of hydrogen-bond acceptors (Lipinski definition) is 4. The van der Waals surface area contributed by atoms with Crippen molar-refractivity contribution >= 4 is 17.6 Å². The van der Waals surface area contributed by atoms with Crippen molar-refractivity contribution in [1.82, 2.24) is 15.3 Å². The number of amidine groups is 1. The highest BCUT2D eigenvalue weighted by atomic mass is 32.2. The van der Waals surface area contributed by atoms with Crippen LogP contribution >= 0.6 is 11.8 Å². The van der Waals surface area contributed by atoms with Gasteiger partial charge in [-0.15, -0.1) is 0 Å². The summed E-state index contributed by atoms with van der Waals surface area (Å²) in [6.45, 7) is 16.5. The highest BCUT2D eigenvalue weighted by molar-refractivity contribution is 8.06. The molecule has 0 saturated heterocycles. The van der Waals surface area contributed by atoms with Gasteiger partial charge in [-0.25, -0.2) is 0 Å². The zero-order chi connectivity index (χ0) is 22.1. The van der Waals surface area contributed by atoms with Crippen LogP contribution in [-0.2, 0) is 0 Å². The average Bonchev–Trinajstić information content (AvgIpc) is 2.74. The normalized spacial score (nSPS) is 13.5. The Kier molecular flexibility index (Phi) is 9.06. The lowest BCUT2D eigenvalue weighted by Crippen LogP contribution is -2.23. The van der Waals surface area contributed by atoms with Crippen LogP contribution < -0.4 is 5.32 Å². The molecule has 1 atom stereocenters. The van der Waals surface area contributed by atoms with Crippen LogP contribution in [-0.4, -0.2) is 21.8 Å². The van der Waals surface area contributed by atoms with Crippen molar-refractivity contribution in [1.29, 1.82) is 0 Å². The summed E-state index contributed by atoms with van der Waals surface area (Å²) in [5.74, 6) is 0.783. The molecule has 158 valence electrons. The van der Waals surface area contributed by atoms with E-state index in [1.165, 1.54) is 4.91 Å². The van der Waals surface area contributed by atoms with Gasteiger partial charge in [0.2, 0.25) is 0 Å². The fraction of sp³-hybridized carbons (Fsp3) is 0.320. The molecule has 0 aliphatic heterocycles. The lowest BCUT2D eigenvalue weighted by atomic mass is 10.1. The van der Waals surface area contributed by atoms with E-state index >= 15 is 0 Å². The van der Waals surface area contributed by atoms with Crippen LogP contribution in [0.15, 0.2) is 70.3 Å². The molecule has 1 unspecified atom stereocenters. The summed E-state index contributed by atoms with van der Waals surface area (Å²) in [6, 6.07) is 6.13. The van der Waals surface area contributed by atoms with Crippen molar-refractivity contribution in [2.45, 2.75) is 54.0 Å².